The van der Waals surface area contributed by atoms with Crippen LogP contribution in [0.5, 0.6) is 5.75 Å². The number of hydrogen-bond acceptors (Lipinski definition) is 4. The van der Waals surface area contributed by atoms with E-state index in [2.05, 4.69) is 10.6 Å². The number of ether oxygens (including phenoxy) is 1. The number of carbonyl (C=O) groups excluding carboxylic acids is 2. The molecular formula is C26H28N2O4. The molecule has 0 radical (unpaired) electrons. The van der Waals surface area contributed by atoms with Crippen molar-refractivity contribution in [2.45, 2.75) is 33.7 Å². The SMILES string of the molecule is Cc1cccc(C(=O)N/C(=C\c2ccco2)C(=O)NC(C)COc2ccc(C)c(C)c2)c1. The van der Waals surface area contributed by atoms with E-state index in [1.165, 1.54) is 17.9 Å². The molecule has 0 saturated heterocycles. The Kier molecular flexibility index (Phi) is 7.49. The Hall–Kier alpha value is -3.80. The lowest BCUT2D eigenvalue weighted by molar-refractivity contribution is -0.118. The molecule has 0 aliphatic carbocycles. The van der Waals surface area contributed by atoms with Crippen molar-refractivity contribution in [1.29, 1.82) is 0 Å². The Labute approximate surface area is 188 Å². The molecule has 1 unspecified atom stereocenters. The third-order valence-corrected chi connectivity index (χ3v) is 4.96. The van der Waals surface area contributed by atoms with E-state index in [1.807, 2.05) is 52.0 Å². The molecule has 1 aromatic heterocycles. The molecule has 2 N–H and O–H groups in total. The topological polar surface area (TPSA) is 80.6 Å². The van der Waals surface area contributed by atoms with Gasteiger partial charge in [0.2, 0.25) is 0 Å². The van der Waals surface area contributed by atoms with Gasteiger partial charge in [-0.1, -0.05) is 23.8 Å². The van der Waals surface area contributed by atoms with Crippen LogP contribution >= 0.6 is 0 Å². The lowest BCUT2D eigenvalue weighted by atomic mass is 10.1. The number of amides is 2. The molecule has 1 heterocycles. The van der Waals surface area contributed by atoms with E-state index in [-0.39, 0.29) is 24.3 Å². The molecule has 3 aromatic rings. The lowest BCUT2D eigenvalue weighted by Crippen LogP contribution is -2.41. The first-order chi connectivity index (χ1) is 15.3. The van der Waals surface area contributed by atoms with Crippen LogP contribution in [0.1, 0.15) is 39.7 Å². The number of benzene rings is 2. The maximum absolute atomic E-state index is 12.9. The Bertz CT molecular complexity index is 1120. The minimum Gasteiger partial charge on any atom is -0.491 e. The van der Waals surface area contributed by atoms with Gasteiger partial charge in [0.15, 0.2) is 0 Å². The summed E-state index contributed by atoms with van der Waals surface area (Å²) in [7, 11) is 0. The van der Waals surface area contributed by atoms with Gasteiger partial charge in [0, 0.05) is 11.6 Å². The number of rotatable bonds is 8. The number of furan rings is 1. The van der Waals surface area contributed by atoms with Crippen LogP contribution in [-0.2, 0) is 4.79 Å². The zero-order valence-corrected chi connectivity index (χ0v) is 18.8. The predicted molar refractivity (Wildman–Crippen MR) is 124 cm³/mol. The largest absolute Gasteiger partial charge is 0.491 e. The van der Waals surface area contributed by atoms with Crippen LogP contribution in [0.2, 0.25) is 0 Å². The van der Waals surface area contributed by atoms with Crippen LogP contribution in [-0.4, -0.2) is 24.5 Å². The van der Waals surface area contributed by atoms with Crippen molar-refractivity contribution in [3.05, 3.63) is 94.6 Å². The molecule has 0 saturated carbocycles. The summed E-state index contributed by atoms with van der Waals surface area (Å²) in [5.41, 5.74) is 3.84. The van der Waals surface area contributed by atoms with Gasteiger partial charge in [0.25, 0.3) is 11.8 Å². The van der Waals surface area contributed by atoms with E-state index in [0.717, 1.165) is 16.9 Å². The fourth-order valence-electron chi connectivity index (χ4n) is 3.02. The molecule has 166 valence electrons. The molecule has 2 aromatic carbocycles. The third-order valence-electron chi connectivity index (χ3n) is 4.96. The van der Waals surface area contributed by atoms with Crippen LogP contribution in [0.4, 0.5) is 0 Å². The van der Waals surface area contributed by atoms with Crippen molar-refractivity contribution in [2.75, 3.05) is 6.61 Å². The molecule has 3 rings (SSSR count). The van der Waals surface area contributed by atoms with Crippen LogP contribution in [0.15, 0.2) is 71.0 Å². The van der Waals surface area contributed by atoms with Gasteiger partial charge in [-0.05, 0) is 75.2 Å². The van der Waals surface area contributed by atoms with Crippen LogP contribution in [0.25, 0.3) is 6.08 Å². The Balaban J connectivity index is 1.68. The highest BCUT2D eigenvalue weighted by molar-refractivity contribution is 6.05. The zero-order valence-electron chi connectivity index (χ0n) is 18.8. The van der Waals surface area contributed by atoms with E-state index in [0.29, 0.717) is 11.3 Å². The highest BCUT2D eigenvalue weighted by Gasteiger charge is 2.17. The second kappa shape index (κ2) is 10.5. The van der Waals surface area contributed by atoms with Crippen molar-refractivity contribution in [1.82, 2.24) is 10.6 Å². The number of carbonyl (C=O) groups is 2. The summed E-state index contributed by atoms with van der Waals surface area (Å²) >= 11 is 0. The van der Waals surface area contributed by atoms with E-state index in [4.69, 9.17) is 9.15 Å². The second-order valence-corrected chi connectivity index (χ2v) is 7.83. The average Bonchev–Trinajstić information content (AvgIpc) is 3.27. The minimum atomic E-state index is -0.432. The lowest BCUT2D eigenvalue weighted by Gasteiger charge is -2.17. The molecule has 0 aliphatic heterocycles. The Morgan fingerprint density at radius 2 is 1.84 bits per heavy atom. The highest BCUT2D eigenvalue weighted by Crippen LogP contribution is 2.16. The smallest absolute Gasteiger partial charge is 0.268 e. The highest BCUT2D eigenvalue weighted by atomic mass is 16.5. The molecule has 0 spiro atoms. The van der Waals surface area contributed by atoms with Gasteiger partial charge in [-0.15, -0.1) is 0 Å². The number of nitrogens with one attached hydrogen (secondary N) is 2. The van der Waals surface area contributed by atoms with E-state index < -0.39 is 5.91 Å². The molecule has 6 heteroatoms. The van der Waals surface area contributed by atoms with Crippen molar-refractivity contribution in [2.24, 2.45) is 0 Å². The maximum Gasteiger partial charge on any atom is 0.268 e. The molecular weight excluding hydrogens is 404 g/mol. The average molecular weight is 433 g/mol. The predicted octanol–water partition coefficient (Wildman–Crippen LogP) is 4.56. The first-order valence-corrected chi connectivity index (χ1v) is 10.5. The molecule has 6 nitrogen and oxygen atoms in total. The fourth-order valence-corrected chi connectivity index (χ4v) is 3.02. The minimum absolute atomic E-state index is 0.0875. The maximum atomic E-state index is 12.9. The molecule has 1 atom stereocenters. The summed E-state index contributed by atoms with van der Waals surface area (Å²) in [6.45, 7) is 8.09. The first kappa shape index (κ1) is 22.9. The summed E-state index contributed by atoms with van der Waals surface area (Å²) in [6.07, 6.45) is 3.00. The van der Waals surface area contributed by atoms with Crippen LogP contribution in [0.3, 0.4) is 0 Å². The van der Waals surface area contributed by atoms with Crippen LogP contribution < -0.4 is 15.4 Å². The molecule has 32 heavy (non-hydrogen) atoms. The first-order valence-electron chi connectivity index (χ1n) is 10.5. The van der Waals surface area contributed by atoms with Gasteiger partial charge in [-0.3, -0.25) is 9.59 Å². The Morgan fingerprint density at radius 3 is 2.53 bits per heavy atom. The van der Waals surface area contributed by atoms with Gasteiger partial charge in [0.05, 0.1) is 12.3 Å². The standard InChI is InChI=1S/C26H28N2O4/c1-17-7-5-8-21(13-17)25(29)28-24(15-22-9-6-12-31-22)26(30)27-20(4)16-32-23-11-10-18(2)19(3)14-23/h5-15,20H,16H2,1-4H3,(H,27,30)(H,28,29)/b24-15-. The summed E-state index contributed by atoms with van der Waals surface area (Å²) in [5.74, 6) is 0.395. The number of aryl methyl sites for hydroxylation is 3. The quantitative estimate of drug-likeness (QED) is 0.512. The molecule has 0 fully saturated rings. The second-order valence-electron chi connectivity index (χ2n) is 7.83. The summed E-state index contributed by atoms with van der Waals surface area (Å²) in [5, 5.41) is 5.57. The zero-order chi connectivity index (χ0) is 23.1. The van der Waals surface area contributed by atoms with Gasteiger partial charge in [-0.25, -0.2) is 0 Å². The van der Waals surface area contributed by atoms with E-state index in [9.17, 15) is 9.59 Å². The van der Waals surface area contributed by atoms with Gasteiger partial charge >= 0.3 is 0 Å². The van der Waals surface area contributed by atoms with Gasteiger partial charge in [0.1, 0.15) is 23.8 Å². The fraction of sp³-hybridized carbons (Fsp3) is 0.231. The van der Waals surface area contributed by atoms with E-state index >= 15 is 0 Å². The monoisotopic (exact) mass is 432 g/mol. The molecule has 0 bridgehead atoms. The van der Waals surface area contributed by atoms with E-state index in [1.54, 1.807) is 30.3 Å². The summed E-state index contributed by atoms with van der Waals surface area (Å²) in [6, 6.07) is 16.2. The van der Waals surface area contributed by atoms with Crippen molar-refractivity contribution in [3.63, 3.8) is 0 Å². The van der Waals surface area contributed by atoms with Crippen LogP contribution in [0, 0.1) is 20.8 Å². The molecule has 0 aliphatic rings. The van der Waals surface area contributed by atoms with Crippen molar-refractivity contribution >= 4 is 17.9 Å². The van der Waals surface area contributed by atoms with Crippen molar-refractivity contribution in [3.8, 4) is 5.75 Å². The third kappa shape index (κ3) is 6.35. The summed E-state index contributed by atoms with van der Waals surface area (Å²) < 4.78 is 11.1. The summed E-state index contributed by atoms with van der Waals surface area (Å²) in [4.78, 5) is 25.6. The van der Waals surface area contributed by atoms with Gasteiger partial charge in [-0.2, -0.15) is 0 Å². The Morgan fingerprint density at radius 1 is 1.03 bits per heavy atom. The normalized spacial score (nSPS) is 12.2. The molecule has 2 amide bonds. The van der Waals surface area contributed by atoms with Gasteiger partial charge < -0.3 is 19.8 Å². The number of hydrogen-bond donors (Lipinski definition) is 2. The van der Waals surface area contributed by atoms with Crippen molar-refractivity contribution < 1.29 is 18.7 Å².